The van der Waals surface area contributed by atoms with Gasteiger partial charge < -0.3 is 14.0 Å². The summed E-state index contributed by atoms with van der Waals surface area (Å²) in [6, 6.07) is 4.70. The molecule has 0 fully saturated rings. The van der Waals surface area contributed by atoms with Gasteiger partial charge in [-0.2, -0.15) is 0 Å². The molecule has 0 bridgehead atoms. The van der Waals surface area contributed by atoms with Crippen LogP contribution in [0.15, 0.2) is 33.4 Å². The maximum atomic E-state index is 10.8. The van der Waals surface area contributed by atoms with Gasteiger partial charge in [0.1, 0.15) is 6.04 Å². The number of hydrogen-bond acceptors (Lipinski definition) is 5. The smallest absolute Gasteiger partial charge is 0.320 e. The molecule has 0 spiro atoms. The summed E-state index contributed by atoms with van der Waals surface area (Å²) in [4.78, 5) is 12.5. The predicted molar refractivity (Wildman–Crippen MR) is 62.8 cm³/mol. The van der Waals surface area contributed by atoms with Gasteiger partial charge in [0.15, 0.2) is 5.76 Å². The number of hydrogen-bond donors (Lipinski definition) is 1. The zero-order valence-electron chi connectivity index (χ0n) is 10.2. The molecule has 6 nitrogen and oxygen atoms in total. The van der Waals surface area contributed by atoms with Crippen molar-refractivity contribution in [3.05, 3.63) is 30.2 Å². The summed E-state index contributed by atoms with van der Waals surface area (Å²) in [6.07, 6.45) is 1.55. The second-order valence-electron chi connectivity index (χ2n) is 4.09. The summed E-state index contributed by atoms with van der Waals surface area (Å²) < 4.78 is 10.3. The molecule has 2 aromatic heterocycles. The van der Waals surface area contributed by atoms with Crippen molar-refractivity contribution < 1.29 is 18.8 Å². The number of carbonyl (C=O) groups is 1. The van der Waals surface area contributed by atoms with E-state index < -0.39 is 12.0 Å². The first kappa shape index (κ1) is 12.4. The Morgan fingerprint density at radius 2 is 2.33 bits per heavy atom. The predicted octanol–water partition coefficient (Wildman–Crippen LogP) is 1.84. The van der Waals surface area contributed by atoms with Gasteiger partial charge in [-0.25, -0.2) is 0 Å². The number of carboxylic acid groups (broad SMARTS) is 1. The van der Waals surface area contributed by atoms with Gasteiger partial charge >= 0.3 is 5.97 Å². The molecule has 0 aliphatic heterocycles. The van der Waals surface area contributed by atoms with Crippen molar-refractivity contribution in [1.29, 1.82) is 0 Å². The summed E-state index contributed by atoms with van der Waals surface area (Å²) in [5.41, 5.74) is 0.664. The number of aliphatic carboxylic acids is 1. The number of furan rings is 1. The lowest BCUT2D eigenvalue weighted by atomic mass is 10.2. The van der Waals surface area contributed by atoms with E-state index in [9.17, 15) is 4.79 Å². The number of carboxylic acids is 1. The van der Waals surface area contributed by atoms with E-state index in [1.807, 2.05) is 0 Å². The van der Waals surface area contributed by atoms with Gasteiger partial charge in [0.05, 0.1) is 12.0 Å². The third-order valence-electron chi connectivity index (χ3n) is 2.75. The number of aromatic nitrogens is 1. The van der Waals surface area contributed by atoms with Gasteiger partial charge in [-0.15, -0.1) is 0 Å². The second-order valence-corrected chi connectivity index (χ2v) is 4.09. The van der Waals surface area contributed by atoms with E-state index in [1.54, 1.807) is 43.3 Å². The van der Waals surface area contributed by atoms with Crippen LogP contribution in [0.25, 0.3) is 11.5 Å². The Labute approximate surface area is 104 Å². The summed E-state index contributed by atoms with van der Waals surface area (Å²) >= 11 is 0. The van der Waals surface area contributed by atoms with Gasteiger partial charge in [0, 0.05) is 12.6 Å². The molecule has 0 saturated heterocycles. The fourth-order valence-corrected chi connectivity index (χ4v) is 1.50. The zero-order chi connectivity index (χ0) is 13.1. The van der Waals surface area contributed by atoms with Crippen LogP contribution in [0.5, 0.6) is 0 Å². The third kappa shape index (κ3) is 2.60. The molecule has 2 aromatic rings. The van der Waals surface area contributed by atoms with Crippen LogP contribution in [0.4, 0.5) is 0 Å². The molecule has 96 valence electrons. The van der Waals surface area contributed by atoms with Gasteiger partial charge in [0.2, 0.25) is 5.76 Å². The molecule has 0 amide bonds. The standard InChI is InChI=1S/C12H14N2O4/c1-8(12(15)16)14(2)7-9-6-11(18-13-9)10-4-3-5-17-10/h3-6,8H,7H2,1-2H3,(H,15,16). The third-order valence-corrected chi connectivity index (χ3v) is 2.75. The molecule has 0 radical (unpaired) electrons. The minimum atomic E-state index is -0.868. The van der Waals surface area contributed by atoms with Crippen molar-refractivity contribution in [2.75, 3.05) is 7.05 Å². The molecule has 2 rings (SSSR count). The molecule has 0 saturated carbocycles. The van der Waals surface area contributed by atoms with Crippen LogP contribution in [0.3, 0.4) is 0 Å². The van der Waals surface area contributed by atoms with Crippen LogP contribution in [-0.4, -0.2) is 34.2 Å². The van der Waals surface area contributed by atoms with Gasteiger partial charge in [-0.05, 0) is 26.1 Å². The highest BCUT2D eigenvalue weighted by molar-refractivity contribution is 5.72. The summed E-state index contributed by atoms with van der Waals surface area (Å²) in [6.45, 7) is 2.02. The minimum absolute atomic E-state index is 0.400. The highest BCUT2D eigenvalue weighted by atomic mass is 16.5. The molecule has 0 aromatic carbocycles. The highest BCUT2D eigenvalue weighted by Gasteiger charge is 2.18. The molecule has 1 atom stereocenters. The first-order valence-corrected chi connectivity index (χ1v) is 5.50. The maximum Gasteiger partial charge on any atom is 0.320 e. The van der Waals surface area contributed by atoms with E-state index in [0.29, 0.717) is 23.8 Å². The van der Waals surface area contributed by atoms with E-state index in [0.717, 1.165) is 0 Å². The summed E-state index contributed by atoms with van der Waals surface area (Å²) in [7, 11) is 1.72. The van der Waals surface area contributed by atoms with Crippen molar-refractivity contribution in [1.82, 2.24) is 10.1 Å². The van der Waals surface area contributed by atoms with Crippen LogP contribution >= 0.6 is 0 Å². The van der Waals surface area contributed by atoms with Crippen LogP contribution in [-0.2, 0) is 11.3 Å². The highest BCUT2D eigenvalue weighted by Crippen LogP contribution is 2.21. The van der Waals surface area contributed by atoms with Crippen molar-refractivity contribution in [2.24, 2.45) is 0 Å². The van der Waals surface area contributed by atoms with Gasteiger partial charge in [0.25, 0.3) is 0 Å². The number of likely N-dealkylation sites (N-methyl/N-ethyl adjacent to an activating group) is 1. The largest absolute Gasteiger partial charge is 0.480 e. The molecule has 1 unspecified atom stereocenters. The molecule has 18 heavy (non-hydrogen) atoms. The molecule has 0 aliphatic carbocycles. The van der Waals surface area contributed by atoms with Crippen molar-refractivity contribution in [2.45, 2.75) is 19.5 Å². The number of nitrogens with zero attached hydrogens (tertiary/aromatic N) is 2. The van der Waals surface area contributed by atoms with Crippen molar-refractivity contribution in [3.8, 4) is 11.5 Å². The van der Waals surface area contributed by atoms with Crippen LogP contribution in [0.2, 0.25) is 0 Å². The Kier molecular flexibility index (Phi) is 3.47. The molecule has 0 aliphatic rings. The lowest BCUT2D eigenvalue weighted by molar-refractivity contribution is -0.142. The van der Waals surface area contributed by atoms with E-state index in [-0.39, 0.29) is 0 Å². The topological polar surface area (TPSA) is 79.7 Å². The number of rotatable bonds is 5. The Morgan fingerprint density at radius 3 is 2.94 bits per heavy atom. The molecule has 2 heterocycles. The van der Waals surface area contributed by atoms with E-state index >= 15 is 0 Å². The quantitative estimate of drug-likeness (QED) is 0.872. The summed E-state index contributed by atoms with van der Waals surface area (Å²) in [5, 5.41) is 12.8. The lowest BCUT2D eigenvalue weighted by Gasteiger charge is -2.19. The lowest BCUT2D eigenvalue weighted by Crippen LogP contribution is -2.35. The van der Waals surface area contributed by atoms with Crippen molar-refractivity contribution >= 4 is 5.97 Å². The van der Waals surface area contributed by atoms with Crippen LogP contribution in [0, 0.1) is 0 Å². The van der Waals surface area contributed by atoms with Crippen LogP contribution < -0.4 is 0 Å². The first-order valence-electron chi connectivity index (χ1n) is 5.50. The van der Waals surface area contributed by atoms with E-state index in [2.05, 4.69) is 5.16 Å². The SMILES string of the molecule is CC(C(=O)O)N(C)Cc1cc(-c2ccco2)on1. The first-order chi connectivity index (χ1) is 8.58. The fourth-order valence-electron chi connectivity index (χ4n) is 1.50. The van der Waals surface area contributed by atoms with Gasteiger partial charge in [-0.1, -0.05) is 5.16 Å². The Morgan fingerprint density at radius 1 is 1.56 bits per heavy atom. The average Bonchev–Trinajstić information content (AvgIpc) is 2.96. The summed E-state index contributed by atoms with van der Waals surface area (Å²) in [5.74, 6) is 0.265. The Balaban J connectivity index is 2.05. The Bertz CT molecular complexity index is 518. The van der Waals surface area contributed by atoms with Gasteiger partial charge in [-0.3, -0.25) is 9.69 Å². The monoisotopic (exact) mass is 250 g/mol. The van der Waals surface area contributed by atoms with E-state index in [1.165, 1.54) is 0 Å². The second kappa shape index (κ2) is 5.05. The molecular formula is C12H14N2O4. The molecule has 1 N–H and O–H groups in total. The Hall–Kier alpha value is -2.08. The minimum Gasteiger partial charge on any atom is -0.480 e. The van der Waals surface area contributed by atoms with E-state index in [4.69, 9.17) is 14.0 Å². The fraction of sp³-hybridized carbons (Fsp3) is 0.333. The average molecular weight is 250 g/mol. The zero-order valence-corrected chi connectivity index (χ0v) is 10.2. The molecular weight excluding hydrogens is 236 g/mol. The maximum absolute atomic E-state index is 10.8. The van der Waals surface area contributed by atoms with Crippen LogP contribution in [0.1, 0.15) is 12.6 Å². The normalized spacial score (nSPS) is 12.8. The van der Waals surface area contributed by atoms with Crippen molar-refractivity contribution in [3.63, 3.8) is 0 Å². The molecule has 6 heteroatoms.